The molecule has 2 aromatic rings. The van der Waals surface area contributed by atoms with Crippen LogP contribution in [0.4, 0.5) is 0 Å². The van der Waals surface area contributed by atoms with Gasteiger partial charge in [-0.2, -0.15) is 0 Å². The summed E-state index contributed by atoms with van der Waals surface area (Å²) in [4.78, 5) is 7.83. The molecule has 1 N–H and O–H groups in total. The zero-order chi connectivity index (χ0) is 19.7. The van der Waals surface area contributed by atoms with E-state index in [2.05, 4.69) is 80.7 Å². The Morgan fingerprint density at radius 1 is 0.690 bits per heavy atom. The smallest absolute Gasteiger partial charge is 0.0234 e. The number of hydrogen-bond donors (Lipinski definition) is 1. The Labute approximate surface area is 176 Å². The van der Waals surface area contributed by atoms with E-state index in [9.17, 15) is 0 Å². The molecule has 29 heavy (non-hydrogen) atoms. The summed E-state index contributed by atoms with van der Waals surface area (Å²) in [5, 5.41) is 3.81. The van der Waals surface area contributed by atoms with Crippen molar-refractivity contribution in [2.24, 2.45) is 0 Å². The highest BCUT2D eigenvalue weighted by molar-refractivity contribution is 5.15. The van der Waals surface area contributed by atoms with Crippen LogP contribution in [0.3, 0.4) is 0 Å². The van der Waals surface area contributed by atoms with Gasteiger partial charge in [0.1, 0.15) is 0 Å². The fourth-order valence-corrected chi connectivity index (χ4v) is 4.58. The molecule has 0 saturated carbocycles. The summed E-state index contributed by atoms with van der Waals surface area (Å²) in [6.07, 6.45) is 2.45. The summed E-state index contributed by atoms with van der Waals surface area (Å²) >= 11 is 0. The minimum Gasteiger partial charge on any atom is -0.311 e. The summed E-state index contributed by atoms with van der Waals surface area (Å²) in [7, 11) is 0. The Hall–Kier alpha value is -1.72. The third-order valence-corrected chi connectivity index (χ3v) is 6.41. The standard InChI is InChI=1S/C25H36N4/c1-3-7-23(8-4-1)11-14-27-17-19-28(20-18-27)16-13-26-25-12-15-29(22-25)21-24-9-5-2-6-10-24/h1-10,25-26H,11-22H2. The molecule has 2 fully saturated rings. The highest BCUT2D eigenvalue weighted by Gasteiger charge is 2.22. The number of hydrogen-bond acceptors (Lipinski definition) is 4. The van der Waals surface area contributed by atoms with E-state index < -0.39 is 0 Å². The molecule has 0 amide bonds. The zero-order valence-electron chi connectivity index (χ0n) is 17.7. The molecule has 4 rings (SSSR count). The van der Waals surface area contributed by atoms with Gasteiger partial charge in [-0.3, -0.25) is 9.80 Å². The van der Waals surface area contributed by atoms with Gasteiger partial charge in [0.05, 0.1) is 0 Å². The molecule has 0 radical (unpaired) electrons. The predicted octanol–water partition coefficient (Wildman–Crippen LogP) is 2.71. The van der Waals surface area contributed by atoms with Crippen LogP contribution in [0.15, 0.2) is 60.7 Å². The van der Waals surface area contributed by atoms with Crippen molar-refractivity contribution < 1.29 is 0 Å². The summed E-state index contributed by atoms with van der Waals surface area (Å²) in [5.74, 6) is 0. The molecule has 0 spiro atoms. The Morgan fingerprint density at radius 2 is 1.31 bits per heavy atom. The second-order valence-corrected chi connectivity index (χ2v) is 8.58. The average Bonchev–Trinajstić information content (AvgIpc) is 3.22. The van der Waals surface area contributed by atoms with Crippen molar-refractivity contribution >= 4 is 0 Å². The maximum atomic E-state index is 3.81. The minimum absolute atomic E-state index is 0.658. The van der Waals surface area contributed by atoms with E-state index in [1.807, 2.05) is 0 Å². The maximum Gasteiger partial charge on any atom is 0.0234 e. The number of nitrogens with one attached hydrogen (secondary N) is 1. The molecule has 2 heterocycles. The quantitative estimate of drug-likeness (QED) is 0.708. The summed E-state index contributed by atoms with van der Waals surface area (Å²) < 4.78 is 0. The zero-order valence-corrected chi connectivity index (χ0v) is 17.7. The van der Waals surface area contributed by atoms with Crippen LogP contribution in [-0.2, 0) is 13.0 Å². The molecule has 0 bridgehead atoms. The highest BCUT2D eigenvalue weighted by atomic mass is 15.3. The second kappa shape index (κ2) is 10.9. The van der Waals surface area contributed by atoms with Gasteiger partial charge < -0.3 is 10.2 Å². The van der Waals surface area contributed by atoms with E-state index in [4.69, 9.17) is 0 Å². The van der Waals surface area contributed by atoms with Gasteiger partial charge >= 0.3 is 0 Å². The van der Waals surface area contributed by atoms with Crippen molar-refractivity contribution in [3.05, 3.63) is 71.8 Å². The Balaban J connectivity index is 1.07. The Kier molecular flexibility index (Phi) is 7.71. The number of benzene rings is 2. The van der Waals surface area contributed by atoms with Crippen LogP contribution in [0, 0.1) is 0 Å². The Bertz CT molecular complexity index is 697. The monoisotopic (exact) mass is 392 g/mol. The predicted molar refractivity (Wildman–Crippen MR) is 121 cm³/mol. The van der Waals surface area contributed by atoms with E-state index in [1.54, 1.807) is 0 Å². The molecular weight excluding hydrogens is 356 g/mol. The lowest BCUT2D eigenvalue weighted by molar-refractivity contribution is 0.133. The first-order valence-corrected chi connectivity index (χ1v) is 11.3. The van der Waals surface area contributed by atoms with Crippen LogP contribution >= 0.6 is 0 Å². The fraction of sp³-hybridized carbons (Fsp3) is 0.520. The van der Waals surface area contributed by atoms with Crippen molar-refractivity contribution in [2.75, 3.05) is 58.9 Å². The van der Waals surface area contributed by atoms with Crippen molar-refractivity contribution in [1.82, 2.24) is 20.0 Å². The Morgan fingerprint density at radius 3 is 2.00 bits per heavy atom. The molecule has 2 aliphatic heterocycles. The van der Waals surface area contributed by atoms with Crippen LogP contribution < -0.4 is 5.32 Å². The molecule has 2 saturated heterocycles. The number of likely N-dealkylation sites (tertiary alicyclic amines) is 1. The molecule has 0 aliphatic carbocycles. The second-order valence-electron chi connectivity index (χ2n) is 8.58. The summed E-state index contributed by atoms with van der Waals surface area (Å²) in [6, 6.07) is 22.4. The van der Waals surface area contributed by atoms with E-state index in [1.165, 1.54) is 76.3 Å². The van der Waals surface area contributed by atoms with Gasteiger partial charge in [0, 0.05) is 71.5 Å². The van der Waals surface area contributed by atoms with Gasteiger partial charge in [0.15, 0.2) is 0 Å². The SMILES string of the molecule is c1ccc(CCN2CCN(CCNC3CCN(Cc4ccccc4)C3)CC2)cc1. The average molecular weight is 393 g/mol. The van der Waals surface area contributed by atoms with Crippen molar-refractivity contribution in [3.63, 3.8) is 0 Å². The molecule has 1 atom stereocenters. The third-order valence-electron chi connectivity index (χ3n) is 6.41. The minimum atomic E-state index is 0.658. The molecular formula is C25H36N4. The lowest BCUT2D eigenvalue weighted by Crippen LogP contribution is -2.49. The normalized spacial score (nSPS) is 21.6. The molecule has 156 valence electrons. The van der Waals surface area contributed by atoms with Gasteiger partial charge in [0.25, 0.3) is 0 Å². The molecule has 0 aromatic heterocycles. The number of rotatable bonds is 9. The molecule has 2 aliphatic rings. The van der Waals surface area contributed by atoms with Crippen LogP contribution in [0.2, 0.25) is 0 Å². The van der Waals surface area contributed by atoms with Gasteiger partial charge in [0.2, 0.25) is 0 Å². The maximum absolute atomic E-state index is 3.81. The fourth-order valence-electron chi connectivity index (χ4n) is 4.58. The summed E-state index contributed by atoms with van der Waals surface area (Å²) in [6.45, 7) is 11.8. The summed E-state index contributed by atoms with van der Waals surface area (Å²) in [5.41, 5.74) is 2.88. The first-order chi connectivity index (χ1) is 14.3. The molecule has 4 nitrogen and oxygen atoms in total. The lowest BCUT2D eigenvalue weighted by Gasteiger charge is -2.35. The molecule has 2 aromatic carbocycles. The van der Waals surface area contributed by atoms with Gasteiger partial charge in [-0.15, -0.1) is 0 Å². The van der Waals surface area contributed by atoms with E-state index in [0.717, 1.165) is 13.1 Å². The molecule has 4 heteroatoms. The van der Waals surface area contributed by atoms with Gasteiger partial charge in [-0.25, -0.2) is 0 Å². The van der Waals surface area contributed by atoms with Crippen LogP contribution in [0.5, 0.6) is 0 Å². The largest absolute Gasteiger partial charge is 0.311 e. The first kappa shape index (κ1) is 20.5. The van der Waals surface area contributed by atoms with Crippen LogP contribution in [0.25, 0.3) is 0 Å². The topological polar surface area (TPSA) is 21.8 Å². The van der Waals surface area contributed by atoms with Crippen molar-refractivity contribution in [1.29, 1.82) is 0 Å². The number of nitrogens with zero attached hydrogens (tertiary/aromatic N) is 3. The van der Waals surface area contributed by atoms with Crippen LogP contribution in [0.1, 0.15) is 17.5 Å². The molecule has 1 unspecified atom stereocenters. The first-order valence-electron chi connectivity index (χ1n) is 11.3. The van der Waals surface area contributed by atoms with E-state index in [-0.39, 0.29) is 0 Å². The van der Waals surface area contributed by atoms with E-state index >= 15 is 0 Å². The third kappa shape index (κ3) is 6.65. The lowest BCUT2D eigenvalue weighted by atomic mass is 10.1. The van der Waals surface area contributed by atoms with Gasteiger partial charge in [-0.1, -0.05) is 60.7 Å². The highest BCUT2D eigenvalue weighted by Crippen LogP contribution is 2.13. The van der Waals surface area contributed by atoms with Crippen LogP contribution in [-0.4, -0.2) is 79.6 Å². The van der Waals surface area contributed by atoms with Crippen molar-refractivity contribution in [3.8, 4) is 0 Å². The van der Waals surface area contributed by atoms with Crippen molar-refractivity contribution in [2.45, 2.75) is 25.4 Å². The van der Waals surface area contributed by atoms with E-state index in [0.29, 0.717) is 6.04 Å². The van der Waals surface area contributed by atoms with Gasteiger partial charge in [-0.05, 0) is 24.0 Å². The number of piperazine rings is 1.